The van der Waals surface area contributed by atoms with Gasteiger partial charge in [-0.05, 0) is 18.3 Å². The summed E-state index contributed by atoms with van der Waals surface area (Å²) in [5, 5.41) is 0. The molecule has 0 aliphatic heterocycles. The second-order valence-corrected chi connectivity index (χ2v) is 7.02. The third-order valence-corrected chi connectivity index (χ3v) is 5.59. The van der Waals surface area contributed by atoms with Crippen molar-refractivity contribution >= 4 is 23.1 Å². The smallest absolute Gasteiger partial charge is 0.146 e. The number of hydrogen-bond donors (Lipinski definition) is 0. The van der Waals surface area contributed by atoms with Gasteiger partial charge in [0.15, 0.2) is 0 Å². The van der Waals surface area contributed by atoms with Gasteiger partial charge in [0.25, 0.3) is 0 Å². The van der Waals surface area contributed by atoms with E-state index in [1.807, 2.05) is 27.7 Å². The highest BCUT2D eigenvalue weighted by molar-refractivity contribution is 6.09. The van der Waals surface area contributed by atoms with Crippen LogP contribution in [-0.4, -0.2) is 23.1 Å². The summed E-state index contributed by atoms with van der Waals surface area (Å²) in [6.45, 7) is 7.47. The van der Waals surface area contributed by atoms with E-state index in [0.717, 1.165) is 0 Å². The van der Waals surface area contributed by atoms with Crippen LogP contribution in [0, 0.1) is 35.5 Å². The maximum Gasteiger partial charge on any atom is 0.146 e. The van der Waals surface area contributed by atoms with Crippen LogP contribution in [0.5, 0.6) is 0 Å². The highest BCUT2D eigenvalue weighted by Crippen LogP contribution is 2.36. The van der Waals surface area contributed by atoms with E-state index >= 15 is 0 Å². The van der Waals surface area contributed by atoms with Crippen molar-refractivity contribution in [1.82, 2.24) is 0 Å². The third kappa shape index (κ3) is 2.85. The average Bonchev–Trinajstić information content (AvgIpc) is 2.42. The Morgan fingerprint density at radius 3 is 1.38 bits per heavy atom. The first-order chi connectivity index (χ1) is 9.73. The van der Waals surface area contributed by atoms with Gasteiger partial charge in [0.2, 0.25) is 0 Å². The molecule has 0 radical (unpaired) electrons. The van der Waals surface area contributed by atoms with Gasteiger partial charge in [-0.1, -0.05) is 27.7 Å². The summed E-state index contributed by atoms with van der Waals surface area (Å²) in [4.78, 5) is 49.0. The maximum absolute atomic E-state index is 12.3. The predicted octanol–water partition coefficient (Wildman–Crippen LogP) is 2.24. The van der Waals surface area contributed by atoms with Gasteiger partial charge in [0.1, 0.15) is 23.1 Å². The summed E-state index contributed by atoms with van der Waals surface area (Å²) in [5.74, 6) is -2.12. The zero-order chi connectivity index (χ0) is 15.9. The quantitative estimate of drug-likeness (QED) is 0.732. The normalized spacial score (nSPS) is 41.5. The van der Waals surface area contributed by atoms with Crippen molar-refractivity contribution in [2.24, 2.45) is 35.5 Å². The standard InChI is InChI=1S/C17H24O4/c1-8-5-14(18)12(16(20)10(8)3)7-13-15(19)6-9(2)11(4)17(13)21/h8-13H,5-7H2,1-4H3. The Morgan fingerprint density at radius 1 is 0.714 bits per heavy atom. The molecular weight excluding hydrogens is 268 g/mol. The molecule has 0 saturated heterocycles. The maximum atomic E-state index is 12.3. The molecule has 6 unspecified atom stereocenters. The summed E-state index contributed by atoms with van der Waals surface area (Å²) >= 11 is 0. The highest BCUT2D eigenvalue weighted by Gasteiger charge is 2.45. The zero-order valence-corrected chi connectivity index (χ0v) is 13.2. The summed E-state index contributed by atoms with van der Waals surface area (Å²) in [5.41, 5.74) is 0. The van der Waals surface area contributed by atoms with Crippen molar-refractivity contribution in [2.45, 2.75) is 47.0 Å². The van der Waals surface area contributed by atoms with E-state index in [2.05, 4.69) is 0 Å². The molecule has 4 nitrogen and oxygen atoms in total. The minimum Gasteiger partial charge on any atom is -0.299 e. The molecule has 4 heteroatoms. The van der Waals surface area contributed by atoms with Gasteiger partial charge in [0, 0.05) is 24.7 Å². The first-order valence-corrected chi connectivity index (χ1v) is 7.86. The number of rotatable bonds is 2. The fourth-order valence-electron chi connectivity index (χ4n) is 3.52. The fourth-order valence-corrected chi connectivity index (χ4v) is 3.52. The van der Waals surface area contributed by atoms with E-state index in [0.29, 0.717) is 12.8 Å². The van der Waals surface area contributed by atoms with Crippen molar-refractivity contribution in [1.29, 1.82) is 0 Å². The molecule has 2 aliphatic rings. The highest BCUT2D eigenvalue weighted by atomic mass is 16.2. The third-order valence-electron chi connectivity index (χ3n) is 5.59. The van der Waals surface area contributed by atoms with Gasteiger partial charge in [-0.2, -0.15) is 0 Å². The molecule has 0 heterocycles. The molecule has 116 valence electrons. The Hall–Kier alpha value is -1.32. The van der Waals surface area contributed by atoms with E-state index in [1.54, 1.807) is 0 Å². The van der Waals surface area contributed by atoms with E-state index in [4.69, 9.17) is 0 Å². The van der Waals surface area contributed by atoms with Crippen LogP contribution in [0.2, 0.25) is 0 Å². The van der Waals surface area contributed by atoms with E-state index in [1.165, 1.54) is 0 Å². The van der Waals surface area contributed by atoms with Crippen molar-refractivity contribution < 1.29 is 19.2 Å². The van der Waals surface area contributed by atoms with E-state index in [-0.39, 0.29) is 53.2 Å². The topological polar surface area (TPSA) is 68.3 Å². The summed E-state index contributed by atoms with van der Waals surface area (Å²) in [6.07, 6.45) is 0.848. The fraction of sp³-hybridized carbons (Fsp3) is 0.765. The summed E-state index contributed by atoms with van der Waals surface area (Å²) in [7, 11) is 0. The number of hydrogen-bond acceptors (Lipinski definition) is 4. The van der Waals surface area contributed by atoms with Crippen molar-refractivity contribution in [2.75, 3.05) is 0 Å². The Kier molecular flexibility index (Phi) is 4.45. The Morgan fingerprint density at radius 2 is 1.05 bits per heavy atom. The lowest BCUT2D eigenvalue weighted by Gasteiger charge is -2.34. The van der Waals surface area contributed by atoms with Crippen molar-refractivity contribution in [3.05, 3.63) is 0 Å². The van der Waals surface area contributed by atoms with E-state index < -0.39 is 11.8 Å². The molecule has 0 aromatic carbocycles. The molecule has 0 spiro atoms. The summed E-state index contributed by atoms with van der Waals surface area (Å²) < 4.78 is 0. The lowest BCUT2D eigenvalue weighted by atomic mass is 9.66. The lowest BCUT2D eigenvalue weighted by Crippen LogP contribution is -2.45. The molecule has 2 rings (SSSR count). The van der Waals surface area contributed by atoms with Gasteiger partial charge in [-0.3, -0.25) is 19.2 Å². The van der Waals surface area contributed by atoms with Gasteiger partial charge in [0.05, 0.1) is 11.8 Å². The van der Waals surface area contributed by atoms with Crippen LogP contribution in [0.4, 0.5) is 0 Å². The largest absolute Gasteiger partial charge is 0.299 e. The number of ketones is 4. The molecule has 2 saturated carbocycles. The molecule has 0 N–H and O–H groups in total. The SMILES string of the molecule is CC1CC(=O)C(CC2C(=O)CC(C)C(C)C2=O)C(=O)C1C. The molecule has 0 bridgehead atoms. The number of Topliss-reactive ketones (excluding diaryl/α,β-unsaturated/α-hetero) is 4. The van der Waals surface area contributed by atoms with Crippen LogP contribution in [0.3, 0.4) is 0 Å². The molecule has 0 aromatic heterocycles. The molecule has 0 amide bonds. The van der Waals surface area contributed by atoms with Crippen LogP contribution in [0.25, 0.3) is 0 Å². The van der Waals surface area contributed by atoms with Crippen LogP contribution in [0.1, 0.15) is 47.0 Å². The monoisotopic (exact) mass is 292 g/mol. The zero-order valence-electron chi connectivity index (χ0n) is 13.2. The van der Waals surface area contributed by atoms with Gasteiger partial charge >= 0.3 is 0 Å². The minimum atomic E-state index is -0.755. The molecule has 2 aliphatic carbocycles. The molecule has 2 fully saturated rings. The van der Waals surface area contributed by atoms with Crippen LogP contribution < -0.4 is 0 Å². The van der Waals surface area contributed by atoms with Gasteiger partial charge in [-0.25, -0.2) is 0 Å². The number of carbonyl (C=O) groups excluding carboxylic acids is 4. The first-order valence-electron chi connectivity index (χ1n) is 7.86. The molecule has 0 aromatic rings. The lowest BCUT2D eigenvalue weighted by molar-refractivity contribution is -0.145. The van der Waals surface area contributed by atoms with E-state index in [9.17, 15) is 19.2 Å². The average molecular weight is 292 g/mol. The van der Waals surface area contributed by atoms with Crippen LogP contribution in [-0.2, 0) is 19.2 Å². The van der Waals surface area contributed by atoms with Crippen molar-refractivity contribution in [3.63, 3.8) is 0 Å². The molecule has 6 atom stereocenters. The van der Waals surface area contributed by atoms with Crippen LogP contribution in [0.15, 0.2) is 0 Å². The van der Waals surface area contributed by atoms with Crippen molar-refractivity contribution in [3.8, 4) is 0 Å². The molecule has 21 heavy (non-hydrogen) atoms. The van der Waals surface area contributed by atoms with Gasteiger partial charge in [-0.15, -0.1) is 0 Å². The second kappa shape index (κ2) is 5.82. The Balaban J connectivity index is 2.16. The predicted molar refractivity (Wildman–Crippen MR) is 77.5 cm³/mol. The number of carbonyl (C=O) groups is 4. The molecular formula is C17H24O4. The van der Waals surface area contributed by atoms with Crippen LogP contribution >= 0.6 is 0 Å². The Labute approximate surface area is 125 Å². The first kappa shape index (κ1) is 16.1. The second-order valence-electron chi connectivity index (χ2n) is 7.02. The Bertz CT molecular complexity index is 449. The summed E-state index contributed by atoms with van der Waals surface area (Å²) in [6, 6.07) is 0. The van der Waals surface area contributed by atoms with Gasteiger partial charge < -0.3 is 0 Å². The minimum absolute atomic E-state index is 0.0537.